The summed E-state index contributed by atoms with van der Waals surface area (Å²) in [6, 6.07) is 49.1. The number of hydrogen-bond donors (Lipinski definition) is 0. The predicted molar refractivity (Wildman–Crippen MR) is 183 cm³/mol. The Labute approximate surface area is 256 Å². The Bertz CT molecular complexity index is 2360. The topological polar surface area (TPSA) is 30.7 Å². The molecule has 0 fully saturated rings. The molecule has 4 aromatic heterocycles. The zero-order valence-electron chi connectivity index (χ0n) is 22.9. The third kappa shape index (κ3) is 3.93. The highest BCUT2D eigenvalue weighted by atomic mass is 32.1. The monoisotopic (exact) mass is 585 g/mol. The molecule has 0 atom stereocenters. The molecule has 0 aliphatic heterocycles. The smallest absolute Gasteiger partial charge is 0.235 e. The molecule has 0 amide bonds. The van der Waals surface area contributed by atoms with Gasteiger partial charge in [0, 0.05) is 31.3 Å². The van der Waals surface area contributed by atoms with Gasteiger partial charge in [0.25, 0.3) is 0 Å². The lowest BCUT2D eigenvalue weighted by atomic mass is 10.0. The van der Waals surface area contributed by atoms with Crippen molar-refractivity contribution in [3.8, 4) is 39.6 Å². The van der Waals surface area contributed by atoms with Crippen LogP contribution in [0.25, 0.3) is 80.2 Å². The largest absolute Gasteiger partial charge is 0.275 e. The van der Waals surface area contributed by atoms with E-state index in [2.05, 4.69) is 138 Å². The fourth-order valence-electron chi connectivity index (χ4n) is 6.06. The molecule has 0 N–H and O–H groups in total. The number of thiophene rings is 2. The molecule has 4 heterocycles. The average Bonchev–Trinajstić information content (AvgIpc) is 3.74. The number of hydrogen-bond acceptors (Lipinski definition) is 4. The van der Waals surface area contributed by atoms with Gasteiger partial charge in [-0.1, -0.05) is 115 Å². The lowest BCUT2D eigenvalue weighted by Gasteiger charge is -2.12. The van der Waals surface area contributed by atoms with Gasteiger partial charge in [-0.05, 0) is 35.4 Å². The van der Waals surface area contributed by atoms with Gasteiger partial charge >= 0.3 is 0 Å². The highest BCUT2D eigenvalue weighted by Gasteiger charge is 2.24. The van der Waals surface area contributed by atoms with Gasteiger partial charge in [0.05, 0.1) is 31.8 Å². The number of fused-ring (bicyclic) bond motifs is 7. The second kappa shape index (κ2) is 9.73. The summed E-state index contributed by atoms with van der Waals surface area (Å²) in [6.07, 6.45) is 0. The van der Waals surface area contributed by atoms with Crippen molar-refractivity contribution in [3.05, 3.63) is 140 Å². The summed E-state index contributed by atoms with van der Waals surface area (Å²) < 4.78 is 7.45. The van der Waals surface area contributed by atoms with Crippen LogP contribution >= 0.6 is 22.7 Å². The van der Waals surface area contributed by atoms with E-state index in [4.69, 9.17) is 9.97 Å². The molecule has 9 rings (SSSR count). The van der Waals surface area contributed by atoms with E-state index in [9.17, 15) is 0 Å². The van der Waals surface area contributed by atoms with Crippen molar-refractivity contribution in [1.82, 2.24) is 14.5 Å². The van der Waals surface area contributed by atoms with E-state index >= 15 is 0 Å². The van der Waals surface area contributed by atoms with Gasteiger partial charge < -0.3 is 0 Å². The van der Waals surface area contributed by atoms with Crippen LogP contribution in [0.4, 0.5) is 0 Å². The van der Waals surface area contributed by atoms with Gasteiger partial charge in [0.15, 0.2) is 0 Å². The van der Waals surface area contributed by atoms with Crippen LogP contribution in [-0.4, -0.2) is 14.5 Å². The van der Waals surface area contributed by atoms with Crippen LogP contribution in [0.3, 0.4) is 0 Å². The standard InChI is InChI=1S/C38H23N3S2/c1-3-12-24(13-4-1)26-16-11-17-27(22-26)31-23-30(25-14-5-2-6-15-25)39-38(40-31)41-34-28-18-7-9-20-32(28)42-36(34)37-35(41)29-19-8-10-21-33(29)43-37/h1-23H. The zero-order valence-corrected chi connectivity index (χ0v) is 24.6. The molecular weight excluding hydrogens is 563 g/mol. The molecule has 5 heteroatoms. The minimum Gasteiger partial charge on any atom is -0.275 e. The fourth-order valence-corrected chi connectivity index (χ4v) is 8.56. The van der Waals surface area contributed by atoms with Crippen LogP contribution in [0.2, 0.25) is 0 Å². The molecule has 9 aromatic rings. The zero-order chi connectivity index (χ0) is 28.3. The van der Waals surface area contributed by atoms with Crippen LogP contribution < -0.4 is 0 Å². The first kappa shape index (κ1) is 24.5. The fraction of sp³-hybridized carbons (Fsp3) is 0. The maximum atomic E-state index is 5.34. The van der Waals surface area contributed by atoms with Gasteiger partial charge in [-0.15, -0.1) is 22.7 Å². The van der Waals surface area contributed by atoms with Crippen molar-refractivity contribution >= 4 is 63.3 Å². The molecule has 0 saturated carbocycles. The Morgan fingerprint density at radius 1 is 0.419 bits per heavy atom. The highest BCUT2D eigenvalue weighted by molar-refractivity contribution is 7.33. The minimum atomic E-state index is 0.688. The van der Waals surface area contributed by atoms with Crippen molar-refractivity contribution in [3.63, 3.8) is 0 Å². The van der Waals surface area contributed by atoms with Crippen LogP contribution in [0.5, 0.6) is 0 Å². The molecule has 5 aromatic carbocycles. The van der Waals surface area contributed by atoms with Crippen molar-refractivity contribution in [2.75, 3.05) is 0 Å². The summed E-state index contributed by atoms with van der Waals surface area (Å²) in [5.41, 5.74) is 8.64. The number of benzene rings is 5. The number of aromatic nitrogens is 3. The maximum Gasteiger partial charge on any atom is 0.235 e. The summed E-state index contributed by atoms with van der Waals surface area (Å²) in [6.45, 7) is 0. The molecule has 0 bridgehead atoms. The van der Waals surface area contributed by atoms with Crippen LogP contribution in [0, 0.1) is 0 Å². The SMILES string of the molecule is c1ccc(-c2cccc(-c3cc(-c4ccccc4)nc(-n4c5c6ccccc6sc5c5sc6ccccc6c54)n3)c2)cc1. The Morgan fingerprint density at radius 2 is 0.907 bits per heavy atom. The Kier molecular flexibility index (Phi) is 5.54. The molecule has 0 saturated heterocycles. The second-order valence-electron chi connectivity index (χ2n) is 10.6. The summed E-state index contributed by atoms with van der Waals surface area (Å²) >= 11 is 3.71. The molecule has 202 valence electrons. The van der Waals surface area contributed by atoms with Gasteiger partial charge in [-0.2, -0.15) is 0 Å². The molecule has 0 radical (unpaired) electrons. The van der Waals surface area contributed by atoms with E-state index in [-0.39, 0.29) is 0 Å². The van der Waals surface area contributed by atoms with E-state index in [1.165, 1.54) is 46.2 Å². The normalized spacial score (nSPS) is 11.7. The average molecular weight is 586 g/mol. The lowest BCUT2D eigenvalue weighted by Crippen LogP contribution is -2.04. The number of nitrogens with zero attached hydrogens (tertiary/aromatic N) is 3. The van der Waals surface area contributed by atoms with Gasteiger partial charge in [-0.25, -0.2) is 9.97 Å². The first-order chi connectivity index (χ1) is 21.3. The second-order valence-corrected chi connectivity index (χ2v) is 12.7. The van der Waals surface area contributed by atoms with E-state index in [1.807, 2.05) is 28.7 Å². The molecule has 0 aliphatic carbocycles. The van der Waals surface area contributed by atoms with E-state index < -0.39 is 0 Å². The quantitative estimate of drug-likeness (QED) is 0.206. The summed E-state index contributed by atoms with van der Waals surface area (Å²) in [5.74, 6) is 0.688. The van der Waals surface area contributed by atoms with Crippen LogP contribution in [-0.2, 0) is 0 Å². The van der Waals surface area contributed by atoms with Crippen LogP contribution in [0.1, 0.15) is 0 Å². The first-order valence-corrected chi connectivity index (χ1v) is 15.9. The van der Waals surface area contributed by atoms with Crippen molar-refractivity contribution in [2.45, 2.75) is 0 Å². The molecule has 0 aliphatic rings. The predicted octanol–water partition coefficient (Wildman–Crippen LogP) is 11.0. The summed E-state index contributed by atoms with van der Waals surface area (Å²) in [7, 11) is 0. The van der Waals surface area contributed by atoms with Crippen molar-refractivity contribution < 1.29 is 0 Å². The number of rotatable bonds is 4. The molecule has 0 unspecified atom stereocenters. The first-order valence-electron chi connectivity index (χ1n) is 14.3. The highest BCUT2D eigenvalue weighted by Crippen LogP contribution is 2.47. The van der Waals surface area contributed by atoms with Crippen molar-refractivity contribution in [1.29, 1.82) is 0 Å². The third-order valence-electron chi connectivity index (χ3n) is 8.04. The van der Waals surface area contributed by atoms with E-state index in [0.29, 0.717) is 5.95 Å². The summed E-state index contributed by atoms with van der Waals surface area (Å²) in [5, 5.41) is 2.47. The molecular formula is C38H23N3S2. The Morgan fingerprint density at radius 3 is 1.53 bits per heavy atom. The lowest BCUT2D eigenvalue weighted by molar-refractivity contribution is 1.00. The van der Waals surface area contributed by atoms with Gasteiger partial charge in [0.2, 0.25) is 5.95 Å². The Hall–Kier alpha value is -5.10. The van der Waals surface area contributed by atoms with Crippen LogP contribution in [0.15, 0.2) is 140 Å². The van der Waals surface area contributed by atoms with Gasteiger partial charge in [-0.3, -0.25) is 4.57 Å². The molecule has 3 nitrogen and oxygen atoms in total. The molecule has 0 spiro atoms. The van der Waals surface area contributed by atoms with Crippen molar-refractivity contribution in [2.24, 2.45) is 0 Å². The maximum absolute atomic E-state index is 5.34. The van der Waals surface area contributed by atoms with E-state index in [0.717, 1.165) is 28.1 Å². The van der Waals surface area contributed by atoms with E-state index in [1.54, 1.807) is 0 Å². The Balaban J connectivity index is 1.38. The molecule has 43 heavy (non-hydrogen) atoms. The minimum absolute atomic E-state index is 0.688. The van der Waals surface area contributed by atoms with Gasteiger partial charge in [0.1, 0.15) is 0 Å². The summed E-state index contributed by atoms with van der Waals surface area (Å²) in [4.78, 5) is 10.6. The third-order valence-corrected chi connectivity index (χ3v) is 10.5.